The van der Waals surface area contributed by atoms with Crippen molar-refractivity contribution in [1.29, 1.82) is 0 Å². The first-order valence-corrected chi connectivity index (χ1v) is 3.20. The molecule has 1 nitrogen and oxygen atoms in total. The summed E-state index contributed by atoms with van der Waals surface area (Å²) in [5.41, 5.74) is 1.08. The van der Waals surface area contributed by atoms with Crippen molar-refractivity contribution in [2.24, 2.45) is 11.8 Å². The number of allylic oxidation sites excluding steroid dienone is 1. The van der Waals surface area contributed by atoms with Gasteiger partial charge in [-0.1, -0.05) is 26.0 Å². The Morgan fingerprint density at radius 3 is 2.11 bits per heavy atom. The van der Waals surface area contributed by atoms with Gasteiger partial charge in [-0.15, -0.1) is 0 Å². The largest absolute Gasteiger partial charge is 0.303 e. The van der Waals surface area contributed by atoms with E-state index >= 15 is 0 Å². The van der Waals surface area contributed by atoms with Crippen LogP contribution in [0.2, 0.25) is 0 Å². The van der Waals surface area contributed by atoms with Gasteiger partial charge in [0.2, 0.25) is 0 Å². The van der Waals surface area contributed by atoms with Crippen LogP contribution >= 0.6 is 0 Å². The summed E-state index contributed by atoms with van der Waals surface area (Å²) in [6.07, 6.45) is 0.972. The van der Waals surface area contributed by atoms with Gasteiger partial charge in [0.05, 0.1) is 0 Å². The average Bonchev–Trinajstić information content (AvgIpc) is 1.84. The lowest BCUT2D eigenvalue weighted by Gasteiger charge is -2.12. The molecule has 0 radical (unpaired) electrons. The molecule has 9 heavy (non-hydrogen) atoms. The molecule has 0 aliphatic carbocycles. The smallest absolute Gasteiger partial charge is 0.123 e. The number of rotatable bonds is 3. The van der Waals surface area contributed by atoms with Crippen molar-refractivity contribution in [3.8, 4) is 0 Å². The molecule has 2 atom stereocenters. The van der Waals surface area contributed by atoms with Gasteiger partial charge < -0.3 is 4.79 Å². The third-order valence-corrected chi connectivity index (χ3v) is 1.78. The van der Waals surface area contributed by atoms with Crippen LogP contribution in [0.4, 0.5) is 0 Å². The molecule has 52 valence electrons. The van der Waals surface area contributed by atoms with E-state index in [1.165, 1.54) is 0 Å². The average molecular weight is 126 g/mol. The van der Waals surface area contributed by atoms with Crippen LogP contribution in [0.25, 0.3) is 0 Å². The van der Waals surface area contributed by atoms with E-state index in [2.05, 4.69) is 6.58 Å². The van der Waals surface area contributed by atoms with E-state index in [0.29, 0.717) is 5.92 Å². The summed E-state index contributed by atoms with van der Waals surface area (Å²) < 4.78 is 0. The number of hydrogen-bond acceptors (Lipinski definition) is 1. The molecule has 0 aromatic rings. The first kappa shape index (κ1) is 8.41. The highest BCUT2D eigenvalue weighted by Gasteiger charge is 2.10. The fraction of sp³-hybridized carbons (Fsp3) is 0.625. The van der Waals surface area contributed by atoms with Gasteiger partial charge in [-0.25, -0.2) is 0 Å². The minimum Gasteiger partial charge on any atom is -0.303 e. The van der Waals surface area contributed by atoms with Crippen LogP contribution in [0.3, 0.4) is 0 Å². The lowest BCUT2D eigenvalue weighted by molar-refractivity contribution is -0.111. The Balaban J connectivity index is 3.86. The zero-order valence-electron chi connectivity index (χ0n) is 6.35. The third-order valence-electron chi connectivity index (χ3n) is 1.78. The van der Waals surface area contributed by atoms with Gasteiger partial charge in [-0.05, 0) is 12.8 Å². The topological polar surface area (TPSA) is 17.1 Å². The fourth-order valence-electron chi connectivity index (χ4n) is 0.567. The first-order chi connectivity index (χ1) is 4.09. The van der Waals surface area contributed by atoms with Crippen molar-refractivity contribution < 1.29 is 4.79 Å². The van der Waals surface area contributed by atoms with Crippen molar-refractivity contribution >= 4 is 6.29 Å². The lowest BCUT2D eigenvalue weighted by Crippen LogP contribution is -2.09. The van der Waals surface area contributed by atoms with E-state index in [-0.39, 0.29) is 5.92 Å². The maximum atomic E-state index is 10.2. The molecule has 0 N–H and O–H groups in total. The second-order valence-corrected chi connectivity index (χ2v) is 2.63. The monoisotopic (exact) mass is 126 g/mol. The highest BCUT2D eigenvalue weighted by Crippen LogP contribution is 2.15. The predicted octanol–water partition coefficient (Wildman–Crippen LogP) is 2.03. The molecule has 0 aliphatic heterocycles. The van der Waals surface area contributed by atoms with Gasteiger partial charge in [-0.3, -0.25) is 0 Å². The molecule has 0 heterocycles. The van der Waals surface area contributed by atoms with E-state index in [1.54, 1.807) is 0 Å². The van der Waals surface area contributed by atoms with Gasteiger partial charge >= 0.3 is 0 Å². The quantitative estimate of drug-likeness (QED) is 0.417. The van der Waals surface area contributed by atoms with Gasteiger partial charge in [-0.2, -0.15) is 0 Å². The molecule has 0 aliphatic rings. The summed E-state index contributed by atoms with van der Waals surface area (Å²) in [5.74, 6) is 0.435. The molecule has 0 fully saturated rings. The van der Waals surface area contributed by atoms with Crippen LogP contribution in [0.5, 0.6) is 0 Å². The summed E-state index contributed by atoms with van der Waals surface area (Å²) in [5, 5.41) is 0. The summed E-state index contributed by atoms with van der Waals surface area (Å²) >= 11 is 0. The van der Waals surface area contributed by atoms with Crippen LogP contribution in [0, 0.1) is 11.8 Å². The zero-order chi connectivity index (χ0) is 7.44. The normalized spacial score (nSPS) is 16.3. The highest BCUT2D eigenvalue weighted by molar-refractivity contribution is 5.54. The van der Waals surface area contributed by atoms with E-state index in [1.807, 2.05) is 20.8 Å². The van der Waals surface area contributed by atoms with Crippen molar-refractivity contribution in [2.75, 3.05) is 0 Å². The van der Waals surface area contributed by atoms with E-state index in [9.17, 15) is 4.79 Å². The molecule has 1 heteroatoms. The predicted molar refractivity (Wildman–Crippen MR) is 39.2 cm³/mol. The number of aldehydes is 1. The Bertz CT molecular complexity index is 116. The Kier molecular flexibility index (Phi) is 3.21. The summed E-state index contributed by atoms with van der Waals surface area (Å²) in [4.78, 5) is 10.2. The van der Waals surface area contributed by atoms with Crippen LogP contribution in [0.15, 0.2) is 12.2 Å². The molecule has 0 aromatic carbocycles. The van der Waals surface area contributed by atoms with Crippen LogP contribution in [0.1, 0.15) is 20.8 Å². The molecule has 0 bridgehead atoms. The third kappa shape index (κ3) is 2.45. The molecular formula is C8H14O. The Labute approximate surface area is 56.8 Å². The standard InChI is InChI=1S/C8H14O/c1-6(2)8(4)7(3)5-9/h5,7-8H,1H2,2-4H3. The SMILES string of the molecule is C=C(C)C(C)C(C)C=O. The maximum Gasteiger partial charge on any atom is 0.123 e. The molecular weight excluding hydrogens is 112 g/mol. The molecule has 0 amide bonds. The molecule has 0 rings (SSSR count). The Hall–Kier alpha value is -0.590. The highest BCUT2D eigenvalue weighted by atomic mass is 16.1. The van der Waals surface area contributed by atoms with Gasteiger partial charge in [0, 0.05) is 5.92 Å². The Morgan fingerprint density at radius 1 is 1.56 bits per heavy atom. The molecule has 2 unspecified atom stereocenters. The summed E-state index contributed by atoms with van der Waals surface area (Å²) in [6, 6.07) is 0. The van der Waals surface area contributed by atoms with Crippen molar-refractivity contribution in [2.45, 2.75) is 20.8 Å². The van der Waals surface area contributed by atoms with E-state index < -0.39 is 0 Å². The summed E-state index contributed by atoms with van der Waals surface area (Å²) in [7, 11) is 0. The fourth-order valence-corrected chi connectivity index (χ4v) is 0.567. The van der Waals surface area contributed by atoms with Crippen molar-refractivity contribution in [1.82, 2.24) is 0 Å². The number of carbonyl (C=O) groups excluding carboxylic acids is 1. The molecule has 0 aromatic heterocycles. The van der Waals surface area contributed by atoms with Crippen LogP contribution in [-0.2, 0) is 4.79 Å². The first-order valence-electron chi connectivity index (χ1n) is 3.20. The van der Waals surface area contributed by atoms with Gasteiger partial charge in [0.25, 0.3) is 0 Å². The molecule has 0 saturated heterocycles. The minimum absolute atomic E-state index is 0.113. The second kappa shape index (κ2) is 3.44. The van der Waals surface area contributed by atoms with Crippen LogP contribution < -0.4 is 0 Å². The molecule has 0 saturated carbocycles. The van der Waals surface area contributed by atoms with Gasteiger partial charge in [0.15, 0.2) is 0 Å². The van der Waals surface area contributed by atoms with Crippen LogP contribution in [-0.4, -0.2) is 6.29 Å². The Morgan fingerprint density at radius 2 is 2.00 bits per heavy atom. The number of carbonyl (C=O) groups is 1. The minimum atomic E-state index is 0.113. The summed E-state index contributed by atoms with van der Waals surface area (Å²) in [6.45, 7) is 9.64. The lowest BCUT2D eigenvalue weighted by atomic mass is 9.92. The van der Waals surface area contributed by atoms with E-state index in [4.69, 9.17) is 0 Å². The van der Waals surface area contributed by atoms with Crippen molar-refractivity contribution in [3.63, 3.8) is 0 Å². The second-order valence-electron chi connectivity index (χ2n) is 2.63. The maximum absolute atomic E-state index is 10.2. The number of hydrogen-bond donors (Lipinski definition) is 0. The van der Waals surface area contributed by atoms with Gasteiger partial charge in [0.1, 0.15) is 6.29 Å². The zero-order valence-corrected chi connectivity index (χ0v) is 6.35. The van der Waals surface area contributed by atoms with Crippen molar-refractivity contribution in [3.05, 3.63) is 12.2 Å². The molecule has 0 spiro atoms. The van der Waals surface area contributed by atoms with E-state index in [0.717, 1.165) is 11.9 Å².